The summed E-state index contributed by atoms with van der Waals surface area (Å²) in [6, 6.07) is 7.88. The third kappa shape index (κ3) is 4.38. The number of morpholine rings is 1. The fraction of sp³-hybridized carbons (Fsp3) is 0.250. The van der Waals surface area contributed by atoms with Crippen LogP contribution in [0.5, 0.6) is 5.88 Å². The van der Waals surface area contributed by atoms with Crippen LogP contribution < -0.4 is 20.6 Å². The molecule has 0 spiro atoms. The highest BCUT2D eigenvalue weighted by Crippen LogP contribution is 2.35. The Kier molecular flexibility index (Phi) is 6.79. The van der Waals surface area contributed by atoms with Gasteiger partial charge in [0.2, 0.25) is 5.88 Å². The predicted octanol–water partition coefficient (Wildman–Crippen LogP) is 0.323. The average Bonchev–Trinajstić information content (AvgIpc) is 2.90. The zero-order chi connectivity index (χ0) is 25.4. The van der Waals surface area contributed by atoms with E-state index in [1.165, 1.54) is 25.6 Å². The number of hydrogen-bond acceptors (Lipinski definition) is 8. The maximum Gasteiger partial charge on any atom is 0.233 e. The fourth-order valence-corrected chi connectivity index (χ4v) is 4.79. The lowest BCUT2D eigenvalue weighted by atomic mass is 9.76. The number of rotatable bonds is 5. The summed E-state index contributed by atoms with van der Waals surface area (Å²) in [5, 5.41) is 19.7. The number of benzene rings is 2. The predicted molar refractivity (Wildman–Crippen MR) is 142 cm³/mol. The van der Waals surface area contributed by atoms with Gasteiger partial charge >= 0.3 is 0 Å². The Hall–Kier alpha value is -3.27. The number of nitrogens with zero attached hydrogens (tertiary/aromatic N) is 5. The van der Waals surface area contributed by atoms with Crippen molar-refractivity contribution in [1.82, 2.24) is 20.2 Å². The molecule has 1 N–H and O–H groups in total. The van der Waals surface area contributed by atoms with Gasteiger partial charge in [-0.05, 0) is 24.3 Å². The van der Waals surface area contributed by atoms with Crippen molar-refractivity contribution in [3.63, 3.8) is 0 Å². The lowest BCUT2D eigenvalue weighted by Gasteiger charge is -2.31. The molecule has 2 aromatic carbocycles. The molecular weight excluding hydrogens is 482 g/mol. The van der Waals surface area contributed by atoms with Crippen LogP contribution in [0.4, 0.5) is 10.1 Å². The molecule has 1 aliphatic heterocycles. The van der Waals surface area contributed by atoms with E-state index < -0.39 is 11.9 Å². The summed E-state index contributed by atoms with van der Waals surface area (Å²) in [6.07, 6.45) is 0.202. The molecule has 0 aliphatic carbocycles. The summed E-state index contributed by atoms with van der Waals surface area (Å²) >= 11 is 6.35. The lowest BCUT2D eigenvalue weighted by molar-refractivity contribution is 0.123. The highest BCUT2D eigenvalue weighted by molar-refractivity contribution is 6.55. The second-order valence-corrected chi connectivity index (χ2v) is 9.03. The molecule has 2 aromatic heterocycles. The van der Waals surface area contributed by atoms with Gasteiger partial charge in [-0.15, -0.1) is 10.2 Å². The molecule has 1 atom stereocenters. The molecule has 8 nitrogen and oxygen atoms in total. The van der Waals surface area contributed by atoms with E-state index in [0.29, 0.717) is 35.9 Å². The molecule has 0 radical (unpaired) electrons. The summed E-state index contributed by atoms with van der Waals surface area (Å²) in [4.78, 5) is 11.2. The summed E-state index contributed by atoms with van der Waals surface area (Å²) in [7, 11) is 5.51. The SMILES string of the molecule is Bc1c(N2CCOCC2)cc2ncnc(-c3cc(C(O)c4ccc(OC)nn4)c(Cl)cc3F)c2c1B. The number of aliphatic hydroxyl groups is 1. The second-order valence-electron chi connectivity index (χ2n) is 8.62. The third-order valence-corrected chi connectivity index (χ3v) is 6.94. The number of methoxy groups -OCH3 is 1. The van der Waals surface area contributed by atoms with Crippen LogP contribution in [0.25, 0.3) is 22.2 Å². The molecule has 0 bridgehead atoms. The lowest BCUT2D eigenvalue weighted by Crippen LogP contribution is -2.42. The first-order valence-corrected chi connectivity index (χ1v) is 11.9. The number of aromatic nitrogens is 4. The summed E-state index contributed by atoms with van der Waals surface area (Å²) in [5.41, 5.74) is 5.01. The fourth-order valence-electron chi connectivity index (χ4n) is 4.53. The summed E-state index contributed by atoms with van der Waals surface area (Å²) in [5.74, 6) is -0.238. The Bertz CT molecular complexity index is 1440. The second kappa shape index (κ2) is 10.0. The molecule has 182 valence electrons. The number of fused-ring (bicyclic) bond motifs is 1. The van der Waals surface area contributed by atoms with Gasteiger partial charge in [0.05, 0.1) is 37.2 Å². The van der Waals surface area contributed by atoms with E-state index in [4.69, 9.17) is 21.1 Å². The molecular formula is C24H23B2ClFN5O3. The van der Waals surface area contributed by atoms with Crippen LogP contribution in [-0.4, -0.2) is 74.4 Å². The topological polar surface area (TPSA) is 93.5 Å². The van der Waals surface area contributed by atoms with Crippen molar-refractivity contribution in [2.45, 2.75) is 6.10 Å². The van der Waals surface area contributed by atoms with Crippen LogP contribution >= 0.6 is 11.6 Å². The van der Waals surface area contributed by atoms with Crippen LogP contribution in [0, 0.1) is 5.82 Å². The molecule has 1 fully saturated rings. The smallest absolute Gasteiger partial charge is 0.233 e. The van der Waals surface area contributed by atoms with E-state index in [1.54, 1.807) is 12.1 Å². The van der Waals surface area contributed by atoms with Gasteiger partial charge in [-0.1, -0.05) is 22.5 Å². The van der Waals surface area contributed by atoms with Crippen molar-refractivity contribution < 1.29 is 19.0 Å². The molecule has 1 unspecified atom stereocenters. The van der Waals surface area contributed by atoms with Gasteiger partial charge < -0.3 is 19.5 Å². The zero-order valence-electron chi connectivity index (χ0n) is 20.1. The normalized spacial score (nSPS) is 14.7. The first kappa shape index (κ1) is 24.4. The van der Waals surface area contributed by atoms with Gasteiger partial charge in [0.25, 0.3) is 0 Å². The van der Waals surface area contributed by atoms with E-state index in [-0.39, 0.29) is 16.3 Å². The van der Waals surface area contributed by atoms with Crippen molar-refractivity contribution in [1.29, 1.82) is 0 Å². The van der Waals surface area contributed by atoms with Gasteiger partial charge in [0.15, 0.2) is 0 Å². The zero-order valence-corrected chi connectivity index (χ0v) is 20.9. The van der Waals surface area contributed by atoms with E-state index in [9.17, 15) is 5.11 Å². The van der Waals surface area contributed by atoms with Crippen LogP contribution in [0.15, 0.2) is 36.7 Å². The number of aliphatic hydroxyl groups excluding tert-OH is 1. The molecule has 0 saturated carbocycles. The Morgan fingerprint density at radius 2 is 1.89 bits per heavy atom. The summed E-state index contributed by atoms with van der Waals surface area (Å²) < 4.78 is 25.8. The molecule has 36 heavy (non-hydrogen) atoms. The van der Waals surface area contributed by atoms with Gasteiger partial charge in [0, 0.05) is 46.4 Å². The molecule has 0 amide bonds. The Labute approximate surface area is 214 Å². The summed E-state index contributed by atoms with van der Waals surface area (Å²) in [6.45, 7) is 2.94. The van der Waals surface area contributed by atoms with Crippen LogP contribution in [-0.2, 0) is 4.74 Å². The molecule has 1 aliphatic rings. The van der Waals surface area contributed by atoms with Crippen molar-refractivity contribution in [2.24, 2.45) is 0 Å². The van der Waals surface area contributed by atoms with Gasteiger partial charge in [-0.2, -0.15) is 0 Å². The van der Waals surface area contributed by atoms with E-state index in [1.807, 2.05) is 21.8 Å². The number of hydrogen-bond donors (Lipinski definition) is 1. The molecule has 3 heterocycles. The van der Waals surface area contributed by atoms with Crippen molar-refractivity contribution in [3.8, 4) is 17.1 Å². The first-order chi connectivity index (χ1) is 17.4. The van der Waals surface area contributed by atoms with Crippen LogP contribution in [0.1, 0.15) is 17.4 Å². The van der Waals surface area contributed by atoms with Crippen molar-refractivity contribution in [2.75, 3.05) is 38.3 Å². The monoisotopic (exact) mass is 505 g/mol. The minimum absolute atomic E-state index is 0.0715. The third-order valence-electron chi connectivity index (χ3n) is 6.61. The number of halogens is 2. The Morgan fingerprint density at radius 3 is 2.58 bits per heavy atom. The maximum absolute atomic E-state index is 15.3. The Morgan fingerprint density at radius 1 is 1.11 bits per heavy atom. The maximum atomic E-state index is 15.3. The van der Waals surface area contributed by atoms with E-state index in [2.05, 4.69) is 25.1 Å². The number of anilines is 1. The minimum atomic E-state index is -1.22. The van der Waals surface area contributed by atoms with Crippen molar-refractivity contribution >= 4 is 54.8 Å². The molecule has 12 heteroatoms. The first-order valence-electron chi connectivity index (χ1n) is 11.5. The highest BCUT2D eigenvalue weighted by Gasteiger charge is 2.23. The van der Waals surface area contributed by atoms with Crippen LogP contribution in [0.3, 0.4) is 0 Å². The number of ether oxygens (including phenoxy) is 2. The van der Waals surface area contributed by atoms with Crippen LogP contribution in [0.2, 0.25) is 5.02 Å². The van der Waals surface area contributed by atoms with Crippen molar-refractivity contribution in [3.05, 3.63) is 58.8 Å². The minimum Gasteiger partial charge on any atom is -0.480 e. The van der Waals surface area contributed by atoms with Gasteiger partial charge in [-0.25, -0.2) is 14.4 Å². The van der Waals surface area contributed by atoms with Gasteiger partial charge in [0.1, 0.15) is 33.9 Å². The van der Waals surface area contributed by atoms with Gasteiger partial charge in [-0.3, -0.25) is 0 Å². The Balaban J connectivity index is 1.63. The highest BCUT2D eigenvalue weighted by atomic mass is 35.5. The average molecular weight is 506 g/mol. The standard InChI is InChI=1S/C24H23B2ClFN5O3/c1-35-19-3-2-16(31-32-19)24(34)12-8-13(15(28)9-14(12)27)23-20-17(29-11-30-23)10-18(21(25)22(20)26)33-4-6-36-7-5-33/h2-3,8-11,24,34H,4-7,25-26H2,1H3. The molecule has 1 saturated heterocycles. The quantitative estimate of drug-likeness (QED) is 0.388. The van der Waals surface area contributed by atoms with E-state index >= 15 is 4.39 Å². The molecule has 5 rings (SSSR count). The molecule has 4 aromatic rings. The largest absolute Gasteiger partial charge is 0.480 e. The van der Waals surface area contributed by atoms with E-state index in [0.717, 1.165) is 35.1 Å².